The smallest absolute Gasteiger partial charge is 0.134 e. The fraction of sp³-hybridized carbons (Fsp3) is 0.267. The molecule has 3 heteroatoms. The highest BCUT2D eigenvalue weighted by atomic mass is 35.5. The molecule has 1 aliphatic rings. The van der Waals surface area contributed by atoms with E-state index in [0.717, 1.165) is 18.8 Å². The number of benzene rings is 1. The van der Waals surface area contributed by atoms with Gasteiger partial charge in [0.15, 0.2) is 0 Å². The first kappa shape index (κ1) is 12.9. The van der Waals surface area contributed by atoms with E-state index in [-0.39, 0.29) is 0 Å². The predicted octanol–water partition coefficient (Wildman–Crippen LogP) is 4.12. The minimum Gasteiger partial charge on any atom is -0.326 e. The fourth-order valence-corrected chi connectivity index (χ4v) is 2.17. The topological polar surface area (TPSA) is 15.6 Å². The van der Waals surface area contributed by atoms with Gasteiger partial charge < -0.3 is 4.90 Å². The van der Waals surface area contributed by atoms with Crippen molar-refractivity contribution in [2.75, 3.05) is 11.4 Å². The Bertz CT molecular complexity index is 515. The van der Waals surface area contributed by atoms with Crippen molar-refractivity contribution in [1.82, 2.24) is 0 Å². The van der Waals surface area contributed by atoms with Crippen molar-refractivity contribution in [2.24, 2.45) is 4.99 Å². The fourth-order valence-electron chi connectivity index (χ4n) is 2.09. The molecule has 0 aromatic heterocycles. The molecule has 0 unspecified atom stereocenters. The van der Waals surface area contributed by atoms with Crippen LogP contribution in [0.15, 0.2) is 52.6 Å². The van der Waals surface area contributed by atoms with E-state index in [1.807, 2.05) is 26.0 Å². The number of fused-ring (bicyclic) bond motifs is 1. The first-order chi connectivity index (χ1) is 8.76. The lowest BCUT2D eigenvalue weighted by atomic mass is 10.2. The van der Waals surface area contributed by atoms with Gasteiger partial charge in [-0.3, -0.25) is 0 Å². The van der Waals surface area contributed by atoms with Crippen LogP contribution in [0.2, 0.25) is 0 Å². The minimum absolute atomic E-state index is 0.521. The number of amidine groups is 1. The van der Waals surface area contributed by atoms with Crippen LogP contribution in [-0.4, -0.2) is 12.4 Å². The lowest BCUT2D eigenvalue weighted by molar-refractivity contribution is 1.02. The molecule has 1 aliphatic heterocycles. The number of hydrogen-bond donors (Lipinski definition) is 0. The Kier molecular flexibility index (Phi) is 4.21. The maximum atomic E-state index is 6.01. The van der Waals surface area contributed by atoms with Crippen molar-refractivity contribution in [2.45, 2.75) is 20.3 Å². The molecular weight excluding hydrogens is 244 g/mol. The molecule has 1 aromatic rings. The van der Waals surface area contributed by atoms with Gasteiger partial charge in [-0.05, 0) is 38.0 Å². The first-order valence-corrected chi connectivity index (χ1v) is 6.52. The third-order valence-corrected chi connectivity index (χ3v) is 3.24. The maximum absolute atomic E-state index is 6.01. The Morgan fingerprint density at radius 1 is 1.33 bits per heavy atom. The van der Waals surface area contributed by atoms with Gasteiger partial charge >= 0.3 is 0 Å². The van der Waals surface area contributed by atoms with Crippen molar-refractivity contribution >= 4 is 23.1 Å². The molecule has 0 saturated carbocycles. The molecule has 0 N–H and O–H groups in total. The van der Waals surface area contributed by atoms with E-state index in [2.05, 4.69) is 34.2 Å². The van der Waals surface area contributed by atoms with Gasteiger partial charge in [0.25, 0.3) is 0 Å². The van der Waals surface area contributed by atoms with Gasteiger partial charge in [-0.25, -0.2) is 4.99 Å². The van der Waals surface area contributed by atoms with Crippen LogP contribution < -0.4 is 4.90 Å². The molecule has 0 aliphatic carbocycles. The average molecular weight is 261 g/mol. The van der Waals surface area contributed by atoms with E-state index in [0.29, 0.717) is 5.16 Å². The normalized spacial score (nSPS) is 16.5. The highest BCUT2D eigenvalue weighted by Gasteiger charge is 2.21. The van der Waals surface area contributed by atoms with Crippen molar-refractivity contribution in [3.05, 3.63) is 53.2 Å². The summed E-state index contributed by atoms with van der Waals surface area (Å²) in [6.45, 7) is 4.83. The number of anilines is 1. The van der Waals surface area contributed by atoms with E-state index in [1.54, 1.807) is 6.08 Å². The standard InChI is InChI=1S/C15H17ClN2/c1-3-7-15(17-14(16)4-2)18-11-10-12-8-5-6-9-13(12)18/h3-9H,10-11H2,1-2H3. The van der Waals surface area contributed by atoms with Gasteiger partial charge in [0, 0.05) is 12.2 Å². The van der Waals surface area contributed by atoms with E-state index in [1.165, 1.54) is 11.3 Å². The molecule has 94 valence electrons. The molecule has 0 saturated heterocycles. The van der Waals surface area contributed by atoms with Gasteiger partial charge in [-0.15, -0.1) is 0 Å². The molecule has 0 bridgehead atoms. The van der Waals surface area contributed by atoms with Crippen molar-refractivity contribution in [3.8, 4) is 0 Å². The Hall–Kier alpha value is -1.54. The van der Waals surface area contributed by atoms with Gasteiger partial charge in [-0.2, -0.15) is 0 Å². The summed E-state index contributed by atoms with van der Waals surface area (Å²) < 4.78 is 0. The van der Waals surface area contributed by atoms with Gasteiger partial charge in [0.05, 0.1) is 0 Å². The number of para-hydroxylation sites is 1. The Morgan fingerprint density at radius 2 is 2.11 bits per heavy atom. The zero-order valence-electron chi connectivity index (χ0n) is 10.7. The quantitative estimate of drug-likeness (QED) is 0.444. The number of hydrogen-bond acceptors (Lipinski definition) is 1. The minimum atomic E-state index is 0.521. The predicted molar refractivity (Wildman–Crippen MR) is 79.4 cm³/mol. The van der Waals surface area contributed by atoms with Gasteiger partial charge in [0.2, 0.25) is 0 Å². The monoisotopic (exact) mass is 260 g/mol. The molecule has 0 fully saturated rings. The number of allylic oxidation sites excluding steroid dienone is 2. The van der Waals surface area contributed by atoms with Gasteiger partial charge in [-0.1, -0.05) is 42.0 Å². The average Bonchev–Trinajstić information content (AvgIpc) is 2.82. The molecule has 0 amide bonds. The van der Waals surface area contributed by atoms with Crippen LogP contribution >= 0.6 is 11.6 Å². The molecule has 0 atom stereocenters. The van der Waals surface area contributed by atoms with E-state index >= 15 is 0 Å². The van der Waals surface area contributed by atoms with Crippen molar-refractivity contribution in [3.63, 3.8) is 0 Å². The molecule has 0 spiro atoms. The maximum Gasteiger partial charge on any atom is 0.134 e. The summed E-state index contributed by atoms with van der Waals surface area (Å²) in [5, 5.41) is 0.521. The second-order valence-corrected chi connectivity index (χ2v) is 4.50. The SMILES string of the molecule is CC=CC(=NC(Cl)=CC)N1CCc2ccccc21. The Morgan fingerprint density at radius 3 is 2.83 bits per heavy atom. The second-order valence-electron chi connectivity index (χ2n) is 4.11. The van der Waals surface area contributed by atoms with Crippen LogP contribution in [0.5, 0.6) is 0 Å². The van der Waals surface area contributed by atoms with Crippen LogP contribution in [0.1, 0.15) is 19.4 Å². The zero-order valence-corrected chi connectivity index (χ0v) is 11.5. The number of rotatable bonds is 2. The van der Waals surface area contributed by atoms with Crippen LogP contribution in [-0.2, 0) is 6.42 Å². The summed E-state index contributed by atoms with van der Waals surface area (Å²) >= 11 is 6.01. The molecule has 2 rings (SSSR count). The van der Waals surface area contributed by atoms with Crippen molar-refractivity contribution < 1.29 is 0 Å². The van der Waals surface area contributed by atoms with E-state index in [4.69, 9.17) is 11.6 Å². The zero-order chi connectivity index (χ0) is 13.0. The van der Waals surface area contributed by atoms with Crippen LogP contribution in [0, 0.1) is 0 Å². The Balaban J connectivity index is 2.38. The largest absolute Gasteiger partial charge is 0.326 e. The summed E-state index contributed by atoms with van der Waals surface area (Å²) in [7, 11) is 0. The lowest BCUT2D eigenvalue weighted by Gasteiger charge is -2.19. The number of nitrogens with zero attached hydrogens (tertiary/aromatic N) is 2. The Labute approximate surface area is 113 Å². The van der Waals surface area contributed by atoms with Crippen molar-refractivity contribution in [1.29, 1.82) is 0 Å². The van der Waals surface area contributed by atoms with E-state index in [9.17, 15) is 0 Å². The summed E-state index contributed by atoms with van der Waals surface area (Å²) in [5.41, 5.74) is 2.60. The van der Waals surface area contributed by atoms with Crippen LogP contribution in [0.25, 0.3) is 0 Å². The highest BCUT2D eigenvalue weighted by Crippen LogP contribution is 2.28. The summed E-state index contributed by atoms with van der Waals surface area (Å²) in [6.07, 6.45) is 6.83. The molecule has 0 radical (unpaired) electrons. The lowest BCUT2D eigenvalue weighted by Crippen LogP contribution is -2.27. The highest BCUT2D eigenvalue weighted by molar-refractivity contribution is 6.30. The molecule has 1 aromatic carbocycles. The van der Waals surface area contributed by atoms with Crippen LogP contribution in [0.4, 0.5) is 5.69 Å². The van der Waals surface area contributed by atoms with E-state index < -0.39 is 0 Å². The van der Waals surface area contributed by atoms with Gasteiger partial charge in [0.1, 0.15) is 11.0 Å². The second kappa shape index (κ2) is 5.87. The third kappa shape index (κ3) is 2.65. The number of aliphatic imine (C=N–C) groups is 1. The molecule has 2 nitrogen and oxygen atoms in total. The molecule has 1 heterocycles. The number of halogens is 1. The summed E-state index contributed by atoms with van der Waals surface area (Å²) in [5.74, 6) is 0.894. The first-order valence-electron chi connectivity index (χ1n) is 6.15. The molecule has 18 heavy (non-hydrogen) atoms. The summed E-state index contributed by atoms with van der Waals surface area (Å²) in [6, 6.07) is 8.43. The molecular formula is C15H17ClN2. The summed E-state index contributed by atoms with van der Waals surface area (Å²) in [4.78, 5) is 6.66. The third-order valence-electron chi connectivity index (χ3n) is 2.94. The van der Waals surface area contributed by atoms with Crippen LogP contribution in [0.3, 0.4) is 0 Å².